The van der Waals surface area contributed by atoms with Crippen LogP contribution in [-0.4, -0.2) is 32.5 Å². The van der Waals surface area contributed by atoms with E-state index in [-0.39, 0.29) is 17.3 Å². The molecule has 23 heavy (non-hydrogen) atoms. The van der Waals surface area contributed by atoms with Gasteiger partial charge < -0.3 is 16.8 Å². The minimum atomic E-state index is -4.71. The van der Waals surface area contributed by atoms with E-state index in [9.17, 15) is 21.6 Å². The molecule has 0 fully saturated rings. The summed E-state index contributed by atoms with van der Waals surface area (Å²) in [6, 6.07) is 5.53. The van der Waals surface area contributed by atoms with Crippen LogP contribution >= 0.6 is 0 Å². The normalized spacial score (nSPS) is 22.1. The van der Waals surface area contributed by atoms with E-state index in [0.29, 0.717) is 11.8 Å². The molecule has 0 amide bonds. The van der Waals surface area contributed by atoms with Crippen LogP contribution in [0.2, 0.25) is 0 Å². The number of hydrogen-bond acceptors (Lipinski definition) is 6. The van der Waals surface area contributed by atoms with Crippen molar-refractivity contribution in [3.8, 4) is 0 Å². The van der Waals surface area contributed by atoms with Crippen LogP contribution in [0.25, 0.3) is 0 Å². The van der Waals surface area contributed by atoms with Gasteiger partial charge in [-0.25, -0.2) is 13.4 Å². The van der Waals surface area contributed by atoms with E-state index in [1.54, 1.807) is 0 Å². The molecule has 0 bridgehead atoms. The summed E-state index contributed by atoms with van der Waals surface area (Å²) in [7, 11) is -3.49. The summed E-state index contributed by atoms with van der Waals surface area (Å²) in [6.45, 7) is 0. The summed E-state index contributed by atoms with van der Waals surface area (Å²) in [5, 5.41) is 2.19. The molecule has 2 rings (SSSR count). The molecule has 1 aliphatic rings. The first-order valence-corrected chi connectivity index (χ1v) is 8.28. The zero-order valence-corrected chi connectivity index (χ0v) is 12.9. The van der Waals surface area contributed by atoms with Gasteiger partial charge >= 0.3 is 6.18 Å². The minimum Gasteiger partial charge on any atom is -0.370 e. The van der Waals surface area contributed by atoms with Gasteiger partial charge in [0.25, 0.3) is 0 Å². The highest BCUT2D eigenvalue weighted by Gasteiger charge is 2.48. The average Bonchev–Trinajstić information content (AvgIpc) is 2.35. The number of benzene rings is 1. The van der Waals surface area contributed by atoms with Crippen LogP contribution in [0.1, 0.15) is 5.56 Å². The molecule has 5 N–H and O–H groups in total. The maximum Gasteiger partial charge on any atom is 0.417 e. The number of alkyl halides is 3. The summed E-state index contributed by atoms with van der Waals surface area (Å²) < 4.78 is 62.5. The third kappa shape index (κ3) is 3.82. The van der Waals surface area contributed by atoms with Gasteiger partial charge in [0.1, 0.15) is 5.66 Å². The predicted octanol–water partition coefficient (Wildman–Crippen LogP) is 0.652. The largest absolute Gasteiger partial charge is 0.417 e. The van der Waals surface area contributed by atoms with Gasteiger partial charge in [-0.05, 0) is 17.7 Å². The monoisotopic (exact) mass is 348 g/mol. The molecular formula is C13H15F3N4O2S. The lowest BCUT2D eigenvalue weighted by Crippen LogP contribution is -2.53. The number of guanidine groups is 1. The molecule has 126 valence electrons. The summed E-state index contributed by atoms with van der Waals surface area (Å²) >= 11 is 0. The predicted molar refractivity (Wildman–Crippen MR) is 79.1 cm³/mol. The van der Waals surface area contributed by atoms with E-state index in [1.165, 1.54) is 24.3 Å². The first-order chi connectivity index (χ1) is 10.4. The van der Waals surface area contributed by atoms with Crippen LogP contribution in [0, 0.1) is 0 Å². The zero-order chi connectivity index (χ0) is 17.5. The Labute approximate surface area is 131 Å². The van der Waals surface area contributed by atoms with E-state index in [4.69, 9.17) is 11.5 Å². The summed E-state index contributed by atoms with van der Waals surface area (Å²) in [4.78, 5) is 3.66. The first-order valence-electron chi connectivity index (χ1n) is 6.39. The molecule has 0 aromatic heterocycles. The highest BCUT2D eigenvalue weighted by atomic mass is 32.2. The Morgan fingerprint density at radius 1 is 1.35 bits per heavy atom. The van der Waals surface area contributed by atoms with E-state index in [1.807, 2.05) is 0 Å². The molecule has 0 radical (unpaired) electrons. The van der Waals surface area contributed by atoms with Gasteiger partial charge in [0.2, 0.25) is 0 Å². The van der Waals surface area contributed by atoms with Gasteiger partial charge in [0.15, 0.2) is 15.8 Å². The standard InChI is InChI=1S/C13H15F3N4O2S/c1-23(21,22)9-4-2-3-8(5-9)6-12(18)10(13(14,15)16)7-19-11(17)20-12/h2-5,7H,6,18H2,1H3,(H3,17,19,20). The molecule has 1 heterocycles. The maximum atomic E-state index is 13.1. The molecule has 1 aromatic carbocycles. The van der Waals surface area contributed by atoms with E-state index in [2.05, 4.69) is 10.3 Å². The molecule has 1 atom stereocenters. The Morgan fingerprint density at radius 2 is 2.00 bits per heavy atom. The van der Waals surface area contributed by atoms with Crippen molar-refractivity contribution in [1.82, 2.24) is 5.32 Å². The van der Waals surface area contributed by atoms with Crippen LogP contribution in [0.3, 0.4) is 0 Å². The molecule has 0 spiro atoms. The zero-order valence-electron chi connectivity index (χ0n) is 12.1. The minimum absolute atomic E-state index is 0.0120. The molecule has 0 saturated carbocycles. The first kappa shape index (κ1) is 17.3. The summed E-state index contributed by atoms with van der Waals surface area (Å²) in [5.41, 5.74) is 8.31. The smallest absolute Gasteiger partial charge is 0.370 e. The van der Waals surface area contributed by atoms with E-state index in [0.717, 1.165) is 6.26 Å². The van der Waals surface area contributed by atoms with Crippen LogP contribution in [-0.2, 0) is 16.3 Å². The third-order valence-electron chi connectivity index (χ3n) is 3.26. The number of aliphatic imine (C=N–C) groups is 1. The number of nitrogens with one attached hydrogen (secondary N) is 1. The number of nitrogens with two attached hydrogens (primary N) is 2. The SMILES string of the molecule is CS(=O)(=O)c1cccc(CC2(N)N=C(N)NC=C2C(F)(F)F)c1. The molecule has 0 aliphatic carbocycles. The molecule has 6 nitrogen and oxygen atoms in total. The lowest BCUT2D eigenvalue weighted by molar-refractivity contribution is -0.101. The molecule has 0 saturated heterocycles. The lowest BCUT2D eigenvalue weighted by atomic mass is 9.92. The Balaban J connectivity index is 2.44. The van der Waals surface area contributed by atoms with Crippen molar-refractivity contribution >= 4 is 15.8 Å². The lowest BCUT2D eigenvalue weighted by Gasteiger charge is -2.32. The van der Waals surface area contributed by atoms with Crippen LogP contribution in [0.5, 0.6) is 0 Å². The van der Waals surface area contributed by atoms with Gasteiger partial charge in [0.05, 0.1) is 10.5 Å². The molecule has 1 aliphatic heterocycles. The van der Waals surface area contributed by atoms with Crippen molar-refractivity contribution in [2.75, 3.05) is 6.26 Å². The number of sulfone groups is 1. The third-order valence-corrected chi connectivity index (χ3v) is 4.37. The van der Waals surface area contributed by atoms with Crippen molar-refractivity contribution in [2.24, 2.45) is 16.5 Å². The van der Waals surface area contributed by atoms with Crippen molar-refractivity contribution in [2.45, 2.75) is 23.2 Å². The van der Waals surface area contributed by atoms with E-state index < -0.39 is 27.2 Å². The van der Waals surface area contributed by atoms with Crippen molar-refractivity contribution in [3.63, 3.8) is 0 Å². The Kier molecular flexibility index (Phi) is 4.16. The number of hydrogen-bond donors (Lipinski definition) is 3. The number of nitrogens with zero attached hydrogens (tertiary/aromatic N) is 1. The number of rotatable bonds is 3. The molecular weight excluding hydrogens is 333 g/mol. The fraction of sp³-hybridized carbons (Fsp3) is 0.308. The molecule has 10 heteroatoms. The maximum absolute atomic E-state index is 13.1. The highest BCUT2D eigenvalue weighted by molar-refractivity contribution is 7.90. The Hall–Kier alpha value is -2.07. The van der Waals surface area contributed by atoms with Gasteiger partial charge in [-0.2, -0.15) is 13.2 Å². The topological polar surface area (TPSA) is 111 Å². The molecule has 1 aromatic rings. The van der Waals surface area contributed by atoms with Crippen molar-refractivity contribution in [3.05, 3.63) is 41.6 Å². The van der Waals surface area contributed by atoms with E-state index >= 15 is 0 Å². The van der Waals surface area contributed by atoms with Gasteiger partial charge in [-0.3, -0.25) is 0 Å². The fourth-order valence-electron chi connectivity index (χ4n) is 2.24. The highest BCUT2D eigenvalue weighted by Crippen LogP contribution is 2.36. The quantitative estimate of drug-likeness (QED) is 0.743. The van der Waals surface area contributed by atoms with Gasteiger partial charge in [-0.15, -0.1) is 0 Å². The Bertz CT molecular complexity index is 787. The fourth-order valence-corrected chi connectivity index (χ4v) is 2.93. The van der Waals surface area contributed by atoms with Gasteiger partial charge in [0, 0.05) is 18.9 Å². The average molecular weight is 348 g/mol. The summed E-state index contributed by atoms with van der Waals surface area (Å²) in [6.07, 6.45) is -3.39. The van der Waals surface area contributed by atoms with Crippen LogP contribution < -0.4 is 16.8 Å². The second-order valence-corrected chi connectivity index (χ2v) is 7.23. The Morgan fingerprint density at radius 3 is 2.57 bits per heavy atom. The summed E-state index contributed by atoms with van der Waals surface area (Å²) in [5.74, 6) is -0.250. The second kappa shape index (κ2) is 5.53. The molecule has 1 unspecified atom stereocenters. The number of halogens is 3. The van der Waals surface area contributed by atoms with Gasteiger partial charge in [-0.1, -0.05) is 12.1 Å². The van der Waals surface area contributed by atoms with Crippen LogP contribution in [0.4, 0.5) is 13.2 Å². The van der Waals surface area contributed by atoms with Crippen LogP contribution in [0.15, 0.2) is 45.9 Å². The second-order valence-electron chi connectivity index (χ2n) is 5.22. The van der Waals surface area contributed by atoms with Crippen molar-refractivity contribution in [1.29, 1.82) is 0 Å². The van der Waals surface area contributed by atoms with Crippen molar-refractivity contribution < 1.29 is 21.6 Å².